The summed E-state index contributed by atoms with van der Waals surface area (Å²) < 4.78 is 0. The zero-order chi connectivity index (χ0) is 7.73. The Morgan fingerprint density at radius 1 is 1.27 bits per heavy atom. The van der Waals surface area contributed by atoms with Crippen molar-refractivity contribution in [2.24, 2.45) is 0 Å². The Balaban J connectivity index is 1.64. The van der Waals surface area contributed by atoms with Crippen molar-refractivity contribution < 1.29 is 5.11 Å². The molecule has 0 aromatic heterocycles. The van der Waals surface area contributed by atoms with Crippen molar-refractivity contribution in [3.05, 3.63) is 0 Å². The average molecular weight is 155 g/mol. The zero-order valence-corrected chi connectivity index (χ0v) is 6.97. The molecule has 0 radical (unpaired) electrons. The van der Waals surface area contributed by atoms with E-state index in [0.29, 0.717) is 0 Å². The molecule has 0 amide bonds. The highest BCUT2D eigenvalue weighted by atomic mass is 16.3. The van der Waals surface area contributed by atoms with Gasteiger partial charge in [-0.2, -0.15) is 0 Å². The van der Waals surface area contributed by atoms with Crippen molar-refractivity contribution in [3.8, 4) is 0 Å². The minimum Gasteiger partial charge on any atom is -0.389 e. The van der Waals surface area contributed by atoms with Gasteiger partial charge in [0, 0.05) is 12.6 Å². The predicted molar refractivity (Wildman–Crippen MR) is 44.4 cm³/mol. The molecule has 2 heteroatoms. The third-order valence-corrected chi connectivity index (χ3v) is 3.11. The van der Waals surface area contributed by atoms with E-state index in [4.69, 9.17) is 0 Å². The SMILES string of the molecule is OC1(CNC2CCC2)CCC1. The van der Waals surface area contributed by atoms with Gasteiger partial charge in [-0.25, -0.2) is 0 Å². The van der Waals surface area contributed by atoms with Gasteiger partial charge in [-0.15, -0.1) is 0 Å². The monoisotopic (exact) mass is 155 g/mol. The van der Waals surface area contributed by atoms with Gasteiger partial charge in [-0.1, -0.05) is 6.42 Å². The van der Waals surface area contributed by atoms with Gasteiger partial charge in [0.25, 0.3) is 0 Å². The zero-order valence-electron chi connectivity index (χ0n) is 6.97. The lowest BCUT2D eigenvalue weighted by Gasteiger charge is -2.39. The summed E-state index contributed by atoms with van der Waals surface area (Å²) in [7, 11) is 0. The highest BCUT2D eigenvalue weighted by molar-refractivity contribution is 4.91. The number of rotatable bonds is 3. The second-order valence-corrected chi connectivity index (χ2v) is 4.09. The molecule has 2 N–H and O–H groups in total. The maximum atomic E-state index is 9.72. The summed E-state index contributed by atoms with van der Waals surface area (Å²) in [5.74, 6) is 0. The van der Waals surface area contributed by atoms with Crippen LogP contribution in [0.25, 0.3) is 0 Å². The Morgan fingerprint density at radius 2 is 2.00 bits per heavy atom. The van der Waals surface area contributed by atoms with E-state index in [-0.39, 0.29) is 5.60 Å². The Kier molecular flexibility index (Phi) is 1.90. The van der Waals surface area contributed by atoms with Crippen LogP contribution in [0, 0.1) is 0 Å². The van der Waals surface area contributed by atoms with Crippen LogP contribution < -0.4 is 5.32 Å². The first-order valence-corrected chi connectivity index (χ1v) is 4.74. The molecule has 2 rings (SSSR count). The van der Waals surface area contributed by atoms with Crippen LogP contribution in [0.2, 0.25) is 0 Å². The topological polar surface area (TPSA) is 32.3 Å². The Morgan fingerprint density at radius 3 is 2.36 bits per heavy atom. The van der Waals surface area contributed by atoms with Crippen molar-refractivity contribution in [1.82, 2.24) is 5.32 Å². The summed E-state index contributed by atoms with van der Waals surface area (Å²) in [6.07, 6.45) is 7.23. The Bertz CT molecular complexity index is 138. The van der Waals surface area contributed by atoms with Crippen molar-refractivity contribution >= 4 is 0 Å². The fourth-order valence-corrected chi connectivity index (χ4v) is 1.71. The molecule has 2 aliphatic rings. The largest absolute Gasteiger partial charge is 0.389 e. The van der Waals surface area contributed by atoms with Gasteiger partial charge in [0.15, 0.2) is 0 Å². The van der Waals surface area contributed by atoms with Crippen molar-refractivity contribution in [2.75, 3.05) is 6.54 Å². The molecule has 2 nitrogen and oxygen atoms in total. The summed E-state index contributed by atoms with van der Waals surface area (Å²) in [4.78, 5) is 0. The first-order chi connectivity index (χ1) is 5.29. The Labute approximate surface area is 68.0 Å². The van der Waals surface area contributed by atoms with Gasteiger partial charge in [0.2, 0.25) is 0 Å². The lowest BCUT2D eigenvalue weighted by atomic mass is 9.79. The van der Waals surface area contributed by atoms with Crippen LogP contribution in [0.15, 0.2) is 0 Å². The van der Waals surface area contributed by atoms with Crippen molar-refractivity contribution in [1.29, 1.82) is 0 Å². The molecule has 2 aliphatic carbocycles. The van der Waals surface area contributed by atoms with E-state index in [1.165, 1.54) is 25.7 Å². The van der Waals surface area contributed by atoms with Crippen LogP contribution in [0.4, 0.5) is 0 Å². The van der Waals surface area contributed by atoms with Crippen LogP contribution in [0.5, 0.6) is 0 Å². The van der Waals surface area contributed by atoms with Gasteiger partial charge < -0.3 is 10.4 Å². The van der Waals surface area contributed by atoms with E-state index in [9.17, 15) is 5.11 Å². The lowest BCUT2D eigenvalue weighted by Crippen LogP contribution is -2.50. The third kappa shape index (κ3) is 1.57. The van der Waals surface area contributed by atoms with Gasteiger partial charge >= 0.3 is 0 Å². The second kappa shape index (κ2) is 2.76. The van der Waals surface area contributed by atoms with E-state index in [1.54, 1.807) is 0 Å². The summed E-state index contributed by atoms with van der Waals surface area (Å²) in [6, 6.07) is 0.722. The fraction of sp³-hybridized carbons (Fsp3) is 1.00. The fourth-order valence-electron chi connectivity index (χ4n) is 1.71. The first-order valence-electron chi connectivity index (χ1n) is 4.74. The molecular formula is C9H17NO. The van der Waals surface area contributed by atoms with Gasteiger partial charge in [0.1, 0.15) is 0 Å². The molecule has 2 saturated carbocycles. The normalized spacial score (nSPS) is 29.2. The quantitative estimate of drug-likeness (QED) is 0.638. The van der Waals surface area contributed by atoms with Gasteiger partial charge in [-0.3, -0.25) is 0 Å². The highest BCUT2D eigenvalue weighted by Gasteiger charge is 2.34. The molecule has 0 heterocycles. The molecule has 11 heavy (non-hydrogen) atoms. The molecule has 0 atom stereocenters. The molecule has 0 aromatic rings. The Hall–Kier alpha value is -0.0800. The van der Waals surface area contributed by atoms with Gasteiger partial charge in [0.05, 0.1) is 5.60 Å². The molecule has 0 unspecified atom stereocenters. The van der Waals surface area contributed by atoms with Crippen molar-refractivity contribution in [3.63, 3.8) is 0 Å². The molecule has 0 aromatic carbocycles. The minimum absolute atomic E-state index is 0.324. The van der Waals surface area contributed by atoms with Crippen molar-refractivity contribution in [2.45, 2.75) is 50.2 Å². The lowest BCUT2D eigenvalue weighted by molar-refractivity contribution is -0.0349. The first kappa shape index (κ1) is 7.56. The minimum atomic E-state index is -0.324. The summed E-state index contributed by atoms with van der Waals surface area (Å²) >= 11 is 0. The highest BCUT2D eigenvalue weighted by Crippen LogP contribution is 2.31. The summed E-state index contributed by atoms with van der Waals surface area (Å²) in [5.41, 5.74) is -0.324. The van der Waals surface area contributed by atoms with Crippen LogP contribution in [0.1, 0.15) is 38.5 Å². The third-order valence-electron chi connectivity index (χ3n) is 3.11. The molecule has 64 valence electrons. The summed E-state index contributed by atoms with van der Waals surface area (Å²) in [6.45, 7) is 0.831. The van der Waals surface area contributed by atoms with Gasteiger partial charge in [-0.05, 0) is 32.1 Å². The molecule has 2 fully saturated rings. The molecular weight excluding hydrogens is 138 g/mol. The maximum Gasteiger partial charge on any atom is 0.0771 e. The van der Waals surface area contributed by atoms with E-state index < -0.39 is 0 Å². The van der Waals surface area contributed by atoms with Crippen LogP contribution >= 0.6 is 0 Å². The van der Waals surface area contributed by atoms with E-state index in [0.717, 1.165) is 25.4 Å². The molecule has 0 saturated heterocycles. The predicted octanol–water partition coefficient (Wildman–Crippen LogP) is 1.04. The number of hydrogen-bond donors (Lipinski definition) is 2. The smallest absolute Gasteiger partial charge is 0.0771 e. The van der Waals surface area contributed by atoms with E-state index in [1.807, 2.05) is 0 Å². The average Bonchev–Trinajstić information content (AvgIpc) is 1.81. The van der Waals surface area contributed by atoms with Crippen LogP contribution in [-0.4, -0.2) is 23.3 Å². The molecule has 0 bridgehead atoms. The van der Waals surface area contributed by atoms with E-state index in [2.05, 4.69) is 5.32 Å². The van der Waals surface area contributed by atoms with Crippen LogP contribution in [0.3, 0.4) is 0 Å². The standard InChI is InChI=1S/C9H17NO/c11-9(5-2-6-9)7-10-8-3-1-4-8/h8,10-11H,1-7H2. The number of nitrogens with one attached hydrogen (secondary N) is 1. The molecule has 0 spiro atoms. The maximum absolute atomic E-state index is 9.72. The number of aliphatic hydroxyl groups is 1. The second-order valence-electron chi connectivity index (χ2n) is 4.09. The van der Waals surface area contributed by atoms with Crippen LogP contribution in [-0.2, 0) is 0 Å². The van der Waals surface area contributed by atoms with E-state index >= 15 is 0 Å². The molecule has 0 aliphatic heterocycles. The summed E-state index contributed by atoms with van der Waals surface area (Å²) in [5, 5.41) is 13.1. The number of hydrogen-bond acceptors (Lipinski definition) is 2.